The van der Waals surface area contributed by atoms with Gasteiger partial charge in [-0.25, -0.2) is 4.99 Å². The summed E-state index contributed by atoms with van der Waals surface area (Å²) in [6.45, 7) is 1.87. The lowest BCUT2D eigenvalue weighted by Gasteiger charge is -2.31. The number of rotatable bonds is 1. The molecular formula is C11H13N3O. The maximum Gasteiger partial charge on any atom is 0.244 e. The molecule has 0 fully saturated rings. The lowest BCUT2D eigenvalue weighted by Crippen LogP contribution is -2.39. The average molecular weight is 203 g/mol. The van der Waals surface area contributed by atoms with Crippen LogP contribution in [0.3, 0.4) is 0 Å². The van der Waals surface area contributed by atoms with E-state index in [0.29, 0.717) is 0 Å². The maximum atomic E-state index is 11.4. The number of nitrogens with zero attached hydrogens (tertiary/aromatic N) is 2. The summed E-state index contributed by atoms with van der Waals surface area (Å²) < 4.78 is 0. The second kappa shape index (κ2) is 3.38. The summed E-state index contributed by atoms with van der Waals surface area (Å²) in [4.78, 5) is 17.6. The second-order valence-electron chi connectivity index (χ2n) is 3.63. The van der Waals surface area contributed by atoms with Crippen LogP contribution in [0.25, 0.3) is 0 Å². The number of fused-ring (bicyclic) bond motifs is 1. The highest BCUT2D eigenvalue weighted by Crippen LogP contribution is 2.33. The van der Waals surface area contributed by atoms with Crippen molar-refractivity contribution in [1.82, 2.24) is 4.90 Å². The van der Waals surface area contributed by atoms with Crippen molar-refractivity contribution in [2.45, 2.75) is 13.0 Å². The SMILES string of the molecule is CC1=Nc2ccccc2C(C(N)=O)N1C. The van der Waals surface area contributed by atoms with Crippen LogP contribution in [0.15, 0.2) is 29.3 Å². The van der Waals surface area contributed by atoms with Gasteiger partial charge < -0.3 is 10.6 Å². The van der Waals surface area contributed by atoms with E-state index in [1.54, 1.807) is 4.90 Å². The number of primary amides is 1. The molecule has 15 heavy (non-hydrogen) atoms. The Balaban J connectivity index is 2.59. The number of para-hydroxylation sites is 1. The third kappa shape index (κ3) is 1.48. The molecule has 1 aliphatic heterocycles. The molecule has 0 saturated heterocycles. The van der Waals surface area contributed by atoms with Gasteiger partial charge in [-0.15, -0.1) is 0 Å². The van der Waals surface area contributed by atoms with Crippen LogP contribution in [-0.2, 0) is 4.79 Å². The largest absolute Gasteiger partial charge is 0.368 e. The number of amides is 1. The average Bonchev–Trinajstić information content (AvgIpc) is 2.19. The normalized spacial score (nSPS) is 19.5. The van der Waals surface area contributed by atoms with Gasteiger partial charge >= 0.3 is 0 Å². The predicted octanol–water partition coefficient (Wildman–Crippen LogP) is 1.21. The van der Waals surface area contributed by atoms with Crippen molar-refractivity contribution in [1.29, 1.82) is 0 Å². The highest BCUT2D eigenvalue weighted by Gasteiger charge is 2.29. The lowest BCUT2D eigenvalue weighted by atomic mass is 10.0. The maximum absolute atomic E-state index is 11.4. The fourth-order valence-electron chi connectivity index (χ4n) is 1.81. The highest BCUT2D eigenvalue weighted by molar-refractivity contribution is 5.93. The standard InChI is InChI=1S/C11H13N3O/c1-7-13-9-6-4-3-5-8(9)10(11(12)15)14(7)2/h3-6,10H,1-2H3,(H2,12,15). The quantitative estimate of drug-likeness (QED) is 0.745. The van der Waals surface area contributed by atoms with Gasteiger partial charge in [0.05, 0.1) is 5.69 Å². The first-order valence-corrected chi connectivity index (χ1v) is 4.77. The summed E-state index contributed by atoms with van der Waals surface area (Å²) in [5.74, 6) is 0.455. The molecule has 0 radical (unpaired) electrons. The van der Waals surface area contributed by atoms with Crippen LogP contribution in [-0.4, -0.2) is 23.7 Å². The number of nitrogens with two attached hydrogens (primary N) is 1. The molecule has 0 saturated carbocycles. The smallest absolute Gasteiger partial charge is 0.244 e. The number of carbonyl (C=O) groups excluding carboxylic acids is 1. The Labute approximate surface area is 88.4 Å². The summed E-state index contributed by atoms with van der Waals surface area (Å²) in [7, 11) is 1.82. The first-order valence-electron chi connectivity index (χ1n) is 4.77. The van der Waals surface area contributed by atoms with Crippen LogP contribution in [0.5, 0.6) is 0 Å². The molecule has 2 rings (SSSR count). The van der Waals surface area contributed by atoms with Gasteiger partial charge in [0.25, 0.3) is 0 Å². The van der Waals surface area contributed by atoms with Gasteiger partial charge in [0.2, 0.25) is 5.91 Å². The Bertz CT molecular complexity index is 439. The summed E-state index contributed by atoms with van der Waals surface area (Å²) in [6, 6.07) is 7.16. The molecule has 0 aromatic heterocycles. The van der Waals surface area contributed by atoms with Gasteiger partial charge in [0.15, 0.2) is 0 Å². The molecule has 4 nitrogen and oxygen atoms in total. The lowest BCUT2D eigenvalue weighted by molar-refractivity contribution is -0.121. The van der Waals surface area contributed by atoms with Crippen LogP contribution < -0.4 is 5.73 Å². The Morgan fingerprint density at radius 1 is 1.47 bits per heavy atom. The van der Waals surface area contributed by atoms with E-state index in [1.165, 1.54) is 0 Å². The number of hydrogen-bond donors (Lipinski definition) is 1. The van der Waals surface area contributed by atoms with Gasteiger partial charge in [0.1, 0.15) is 11.9 Å². The summed E-state index contributed by atoms with van der Waals surface area (Å²) >= 11 is 0. The van der Waals surface area contributed by atoms with Crippen molar-refractivity contribution in [2.24, 2.45) is 10.7 Å². The predicted molar refractivity (Wildman–Crippen MR) is 58.9 cm³/mol. The molecular weight excluding hydrogens is 190 g/mol. The van der Waals surface area contributed by atoms with E-state index < -0.39 is 6.04 Å². The molecule has 1 aromatic rings. The number of carbonyl (C=O) groups is 1. The van der Waals surface area contributed by atoms with E-state index in [0.717, 1.165) is 17.1 Å². The summed E-state index contributed by atoms with van der Waals surface area (Å²) in [6.07, 6.45) is 0. The van der Waals surface area contributed by atoms with Crippen LogP contribution in [0.1, 0.15) is 18.5 Å². The molecule has 4 heteroatoms. The Morgan fingerprint density at radius 2 is 2.13 bits per heavy atom. The van der Waals surface area contributed by atoms with Crippen LogP contribution in [0.4, 0.5) is 5.69 Å². The molecule has 1 unspecified atom stereocenters. The minimum Gasteiger partial charge on any atom is -0.368 e. The monoisotopic (exact) mass is 203 g/mol. The van der Waals surface area contributed by atoms with E-state index in [2.05, 4.69) is 4.99 Å². The first kappa shape index (κ1) is 9.71. The fourth-order valence-corrected chi connectivity index (χ4v) is 1.81. The molecule has 1 aromatic carbocycles. The molecule has 1 aliphatic rings. The van der Waals surface area contributed by atoms with E-state index in [-0.39, 0.29) is 5.91 Å². The summed E-state index contributed by atoms with van der Waals surface area (Å²) in [5, 5.41) is 0. The molecule has 0 bridgehead atoms. The van der Waals surface area contributed by atoms with Crippen molar-refractivity contribution in [3.05, 3.63) is 29.8 Å². The van der Waals surface area contributed by atoms with Gasteiger partial charge in [-0.2, -0.15) is 0 Å². The van der Waals surface area contributed by atoms with Crippen LogP contribution in [0, 0.1) is 0 Å². The van der Waals surface area contributed by atoms with E-state index >= 15 is 0 Å². The van der Waals surface area contributed by atoms with E-state index in [9.17, 15) is 4.79 Å². The van der Waals surface area contributed by atoms with Crippen LogP contribution >= 0.6 is 0 Å². The Hall–Kier alpha value is -1.84. The van der Waals surface area contributed by atoms with Crippen molar-refractivity contribution in [3.63, 3.8) is 0 Å². The van der Waals surface area contributed by atoms with E-state index in [4.69, 9.17) is 5.73 Å². The molecule has 78 valence electrons. The molecule has 1 atom stereocenters. The topological polar surface area (TPSA) is 58.7 Å². The van der Waals surface area contributed by atoms with Crippen molar-refractivity contribution in [2.75, 3.05) is 7.05 Å². The number of hydrogen-bond acceptors (Lipinski definition) is 3. The molecule has 2 N–H and O–H groups in total. The van der Waals surface area contributed by atoms with Crippen molar-refractivity contribution in [3.8, 4) is 0 Å². The molecule has 1 heterocycles. The molecule has 0 spiro atoms. The number of aliphatic imine (C=N–C) groups is 1. The minimum atomic E-state index is -0.404. The summed E-state index contributed by atoms with van der Waals surface area (Å²) in [5.41, 5.74) is 7.10. The van der Waals surface area contributed by atoms with Crippen molar-refractivity contribution < 1.29 is 4.79 Å². The Morgan fingerprint density at radius 3 is 2.80 bits per heavy atom. The van der Waals surface area contributed by atoms with Crippen molar-refractivity contribution >= 4 is 17.4 Å². The van der Waals surface area contributed by atoms with E-state index in [1.807, 2.05) is 38.2 Å². The zero-order chi connectivity index (χ0) is 11.0. The zero-order valence-electron chi connectivity index (χ0n) is 8.77. The third-order valence-corrected chi connectivity index (χ3v) is 2.68. The second-order valence-corrected chi connectivity index (χ2v) is 3.63. The molecule has 1 amide bonds. The van der Waals surface area contributed by atoms with Gasteiger partial charge in [-0.3, -0.25) is 4.79 Å². The number of benzene rings is 1. The minimum absolute atomic E-state index is 0.348. The number of amidine groups is 1. The Kier molecular flexibility index (Phi) is 2.19. The van der Waals surface area contributed by atoms with Gasteiger partial charge in [0, 0.05) is 12.6 Å². The fraction of sp³-hybridized carbons (Fsp3) is 0.273. The van der Waals surface area contributed by atoms with Gasteiger partial charge in [-0.05, 0) is 13.0 Å². The zero-order valence-corrected chi connectivity index (χ0v) is 8.77. The first-order chi connectivity index (χ1) is 7.11. The highest BCUT2D eigenvalue weighted by atomic mass is 16.1. The third-order valence-electron chi connectivity index (χ3n) is 2.68. The van der Waals surface area contributed by atoms with Gasteiger partial charge in [-0.1, -0.05) is 18.2 Å². The van der Waals surface area contributed by atoms with Crippen LogP contribution in [0.2, 0.25) is 0 Å². The number of likely N-dealkylation sites (N-methyl/N-ethyl adjacent to an activating group) is 1. The molecule has 0 aliphatic carbocycles.